The first-order valence-corrected chi connectivity index (χ1v) is 7.19. The Balaban J connectivity index is 1.88. The molecule has 2 bridgehead atoms. The van der Waals surface area contributed by atoms with Gasteiger partial charge in [0.05, 0.1) is 13.2 Å². The van der Waals surface area contributed by atoms with Crippen molar-refractivity contribution in [2.24, 2.45) is 11.3 Å². The molecule has 0 radical (unpaired) electrons. The van der Waals surface area contributed by atoms with Gasteiger partial charge in [0, 0.05) is 24.4 Å². The third-order valence-electron chi connectivity index (χ3n) is 4.46. The Morgan fingerprint density at radius 3 is 2.28 bits per heavy atom. The van der Waals surface area contributed by atoms with Crippen molar-refractivity contribution < 1.29 is 9.53 Å². The summed E-state index contributed by atoms with van der Waals surface area (Å²) in [6.45, 7) is 8.22. The highest BCUT2D eigenvalue weighted by Gasteiger charge is 2.39. The second kappa shape index (κ2) is 5.30. The quantitative estimate of drug-likeness (QED) is 0.774. The van der Waals surface area contributed by atoms with Gasteiger partial charge in [-0.25, -0.2) is 0 Å². The van der Waals surface area contributed by atoms with Crippen LogP contribution in [0.15, 0.2) is 0 Å². The van der Waals surface area contributed by atoms with Gasteiger partial charge in [0.15, 0.2) is 0 Å². The molecule has 3 nitrogen and oxygen atoms in total. The molecule has 0 aliphatic carbocycles. The normalized spacial score (nSPS) is 33.4. The molecule has 0 spiro atoms. The van der Waals surface area contributed by atoms with Crippen LogP contribution in [-0.4, -0.2) is 43.0 Å². The maximum atomic E-state index is 12.3. The summed E-state index contributed by atoms with van der Waals surface area (Å²) < 4.78 is 5.60. The number of fused-ring (bicyclic) bond motifs is 2. The van der Waals surface area contributed by atoms with E-state index in [0.717, 1.165) is 38.9 Å². The number of rotatable bonds is 3. The van der Waals surface area contributed by atoms with Crippen molar-refractivity contribution in [3.8, 4) is 0 Å². The predicted molar refractivity (Wildman–Crippen MR) is 72.6 cm³/mol. The number of morpholine rings is 1. The average Bonchev–Trinajstić information content (AvgIpc) is 2.24. The topological polar surface area (TPSA) is 29.5 Å². The molecule has 2 aliphatic heterocycles. The molecule has 2 atom stereocenters. The Bertz CT molecular complexity index is 294. The highest BCUT2D eigenvalue weighted by atomic mass is 16.5. The van der Waals surface area contributed by atoms with Crippen molar-refractivity contribution in [1.29, 1.82) is 0 Å². The molecule has 0 N–H and O–H groups in total. The van der Waals surface area contributed by atoms with Gasteiger partial charge in [-0.15, -0.1) is 0 Å². The summed E-state index contributed by atoms with van der Waals surface area (Å²) in [6.07, 6.45) is 3.74. The van der Waals surface area contributed by atoms with Crippen molar-refractivity contribution in [1.82, 2.24) is 4.90 Å². The molecule has 0 amide bonds. The minimum atomic E-state index is 0.264. The molecule has 18 heavy (non-hydrogen) atoms. The lowest BCUT2D eigenvalue weighted by atomic mass is 9.80. The number of hydrogen-bond donors (Lipinski definition) is 0. The van der Waals surface area contributed by atoms with E-state index in [2.05, 4.69) is 32.7 Å². The van der Waals surface area contributed by atoms with Gasteiger partial charge in [-0.2, -0.15) is 0 Å². The highest BCUT2D eigenvalue weighted by molar-refractivity contribution is 5.81. The van der Waals surface area contributed by atoms with Gasteiger partial charge in [-0.1, -0.05) is 20.8 Å². The van der Waals surface area contributed by atoms with Crippen LogP contribution in [0, 0.1) is 11.3 Å². The molecular formula is C15H27NO2. The first-order valence-electron chi connectivity index (χ1n) is 7.19. The van der Waals surface area contributed by atoms with Gasteiger partial charge in [0.1, 0.15) is 5.78 Å². The fourth-order valence-electron chi connectivity index (χ4n) is 3.06. The summed E-state index contributed by atoms with van der Waals surface area (Å²) in [4.78, 5) is 14.7. The van der Waals surface area contributed by atoms with Gasteiger partial charge in [0.2, 0.25) is 0 Å². The van der Waals surface area contributed by atoms with E-state index in [4.69, 9.17) is 4.74 Å². The van der Waals surface area contributed by atoms with Crippen molar-refractivity contribution in [3.05, 3.63) is 0 Å². The number of Topliss-reactive ketones (excluding diaryl/α,β-unsaturated/α-hetero) is 1. The third kappa shape index (κ3) is 3.33. The van der Waals surface area contributed by atoms with E-state index in [1.54, 1.807) is 0 Å². The summed E-state index contributed by atoms with van der Waals surface area (Å²) >= 11 is 0. The van der Waals surface area contributed by atoms with Crippen LogP contribution < -0.4 is 0 Å². The molecular weight excluding hydrogens is 226 g/mol. The molecule has 104 valence electrons. The zero-order chi connectivity index (χ0) is 13.3. The number of hydrogen-bond acceptors (Lipinski definition) is 3. The molecule has 2 saturated heterocycles. The Kier molecular flexibility index (Phi) is 4.12. The van der Waals surface area contributed by atoms with E-state index in [-0.39, 0.29) is 11.3 Å². The molecule has 2 heterocycles. The number of likely N-dealkylation sites (N-methyl/N-ethyl adjacent to an activating group) is 1. The monoisotopic (exact) mass is 253 g/mol. The smallest absolute Gasteiger partial charge is 0.136 e. The second-order valence-corrected chi connectivity index (χ2v) is 7.21. The van der Waals surface area contributed by atoms with E-state index in [1.807, 2.05) is 0 Å². The Morgan fingerprint density at radius 1 is 1.22 bits per heavy atom. The first kappa shape index (κ1) is 14.0. The van der Waals surface area contributed by atoms with Crippen molar-refractivity contribution >= 4 is 5.78 Å². The van der Waals surface area contributed by atoms with Gasteiger partial charge in [-0.3, -0.25) is 9.69 Å². The summed E-state index contributed by atoms with van der Waals surface area (Å²) in [5.41, 5.74) is 0.264. The zero-order valence-corrected chi connectivity index (χ0v) is 12.2. The van der Waals surface area contributed by atoms with Crippen LogP contribution in [0.25, 0.3) is 0 Å². The van der Waals surface area contributed by atoms with E-state index < -0.39 is 0 Å². The van der Waals surface area contributed by atoms with E-state index in [9.17, 15) is 4.79 Å². The van der Waals surface area contributed by atoms with Gasteiger partial charge in [-0.05, 0) is 31.7 Å². The fourth-order valence-corrected chi connectivity index (χ4v) is 3.06. The SMILES string of the molecule is CN1C2COCC1CC(C(=O)CCC(C)(C)C)C2. The third-order valence-corrected chi connectivity index (χ3v) is 4.46. The average molecular weight is 253 g/mol. The minimum absolute atomic E-state index is 0.264. The summed E-state index contributed by atoms with van der Waals surface area (Å²) in [6, 6.07) is 0.919. The van der Waals surface area contributed by atoms with Crippen LogP contribution in [-0.2, 0) is 9.53 Å². The zero-order valence-electron chi connectivity index (χ0n) is 12.2. The Morgan fingerprint density at radius 2 is 1.78 bits per heavy atom. The molecule has 0 aromatic carbocycles. The summed E-state index contributed by atoms with van der Waals surface area (Å²) in [7, 11) is 2.17. The van der Waals surface area contributed by atoms with Gasteiger partial charge >= 0.3 is 0 Å². The summed E-state index contributed by atoms with van der Waals surface area (Å²) in [5, 5.41) is 0. The molecule has 2 fully saturated rings. The molecule has 3 heteroatoms. The lowest BCUT2D eigenvalue weighted by Gasteiger charge is -2.46. The lowest BCUT2D eigenvalue weighted by molar-refractivity contribution is -0.131. The largest absolute Gasteiger partial charge is 0.378 e. The molecule has 0 saturated carbocycles. The number of ether oxygens (including phenoxy) is 1. The maximum absolute atomic E-state index is 12.3. The number of carbonyl (C=O) groups is 1. The van der Waals surface area contributed by atoms with Gasteiger partial charge < -0.3 is 4.74 Å². The standard InChI is InChI=1S/C15H27NO2/c1-15(2,3)6-5-14(17)11-7-12-9-18-10-13(8-11)16(12)4/h11-13H,5-10H2,1-4H3. The van der Waals surface area contributed by atoms with Crippen LogP contribution >= 0.6 is 0 Å². The Hall–Kier alpha value is -0.410. The van der Waals surface area contributed by atoms with E-state index in [1.165, 1.54) is 0 Å². The van der Waals surface area contributed by atoms with Crippen molar-refractivity contribution in [2.75, 3.05) is 20.3 Å². The number of piperidine rings is 1. The van der Waals surface area contributed by atoms with Crippen LogP contribution in [0.2, 0.25) is 0 Å². The minimum Gasteiger partial charge on any atom is -0.378 e. The maximum Gasteiger partial charge on any atom is 0.136 e. The van der Waals surface area contributed by atoms with E-state index in [0.29, 0.717) is 17.9 Å². The van der Waals surface area contributed by atoms with Crippen LogP contribution in [0.4, 0.5) is 0 Å². The van der Waals surface area contributed by atoms with Crippen molar-refractivity contribution in [2.45, 2.75) is 58.5 Å². The van der Waals surface area contributed by atoms with Gasteiger partial charge in [0.25, 0.3) is 0 Å². The molecule has 0 aromatic rings. The number of nitrogens with zero attached hydrogens (tertiary/aromatic N) is 1. The number of ketones is 1. The summed E-state index contributed by atoms with van der Waals surface area (Å²) in [5.74, 6) is 0.761. The second-order valence-electron chi connectivity index (χ2n) is 7.21. The van der Waals surface area contributed by atoms with Crippen molar-refractivity contribution in [3.63, 3.8) is 0 Å². The van der Waals surface area contributed by atoms with E-state index >= 15 is 0 Å². The highest BCUT2D eigenvalue weighted by Crippen LogP contribution is 2.32. The number of carbonyl (C=O) groups excluding carboxylic acids is 1. The first-order chi connectivity index (χ1) is 8.37. The lowest BCUT2D eigenvalue weighted by Crippen LogP contribution is -2.55. The predicted octanol–water partition coefficient (Wildman–Crippen LogP) is 2.49. The Labute approximate surface area is 111 Å². The van der Waals surface area contributed by atoms with Crippen LogP contribution in [0.5, 0.6) is 0 Å². The molecule has 0 aromatic heterocycles. The fraction of sp³-hybridized carbons (Fsp3) is 0.933. The molecule has 2 aliphatic rings. The van der Waals surface area contributed by atoms with Crippen LogP contribution in [0.3, 0.4) is 0 Å². The van der Waals surface area contributed by atoms with Crippen LogP contribution in [0.1, 0.15) is 46.5 Å². The molecule has 2 unspecified atom stereocenters. The molecule has 2 rings (SSSR count).